The average molecular weight is 331 g/mol. The zero-order valence-corrected chi connectivity index (χ0v) is 13.0. The Balaban J connectivity index is 2.01. The first-order valence-electron chi connectivity index (χ1n) is 6.61. The smallest absolute Gasteiger partial charge is 0.323 e. The Labute approximate surface area is 127 Å². The first kappa shape index (κ1) is 16.0. The van der Waals surface area contributed by atoms with Gasteiger partial charge >= 0.3 is 5.97 Å². The molecule has 1 saturated heterocycles. The first-order valence-corrected chi connectivity index (χ1v) is 9.31. The third-order valence-corrected chi connectivity index (χ3v) is 6.13. The highest BCUT2D eigenvalue weighted by molar-refractivity contribution is 7.91. The van der Waals surface area contributed by atoms with Gasteiger partial charge in [0.1, 0.15) is 6.54 Å². The van der Waals surface area contributed by atoms with E-state index in [-0.39, 0.29) is 23.8 Å². The van der Waals surface area contributed by atoms with Crippen molar-refractivity contribution >= 4 is 33.1 Å². The molecule has 1 atom stereocenters. The summed E-state index contributed by atoms with van der Waals surface area (Å²) >= 11 is 1.54. The number of hydrogen-bond donors (Lipinski definition) is 1. The summed E-state index contributed by atoms with van der Waals surface area (Å²) in [6.07, 6.45) is 1.07. The summed E-state index contributed by atoms with van der Waals surface area (Å²) in [7, 11) is -3.15. The highest BCUT2D eigenvalue weighted by Crippen LogP contribution is 2.19. The molecule has 1 fully saturated rings. The zero-order chi connectivity index (χ0) is 15.5. The van der Waals surface area contributed by atoms with Crippen molar-refractivity contribution in [2.75, 3.05) is 18.1 Å². The number of carbonyl (C=O) groups is 2. The molecule has 2 rings (SSSR count). The van der Waals surface area contributed by atoms with E-state index in [1.807, 2.05) is 17.5 Å². The van der Waals surface area contributed by atoms with Gasteiger partial charge < -0.3 is 10.0 Å². The minimum atomic E-state index is -3.15. The standard InChI is InChI=1S/C13H17NO5S2/c15-12(4-3-11-2-1-6-20-11)14(8-13(16)17)10-5-7-21(18,19)9-10/h1-2,6,10H,3-5,7-9H2,(H,16,17). The first-order chi connectivity index (χ1) is 9.87. The van der Waals surface area contributed by atoms with Gasteiger partial charge in [-0.1, -0.05) is 6.07 Å². The van der Waals surface area contributed by atoms with Gasteiger partial charge in [0.05, 0.1) is 11.5 Å². The van der Waals surface area contributed by atoms with Crippen LogP contribution in [0.1, 0.15) is 17.7 Å². The van der Waals surface area contributed by atoms with Gasteiger partial charge in [0.15, 0.2) is 9.84 Å². The van der Waals surface area contributed by atoms with E-state index >= 15 is 0 Å². The number of hydrogen-bond acceptors (Lipinski definition) is 5. The quantitative estimate of drug-likeness (QED) is 0.832. The second-order valence-electron chi connectivity index (χ2n) is 5.05. The normalized spacial score (nSPS) is 20.3. The fourth-order valence-electron chi connectivity index (χ4n) is 2.42. The lowest BCUT2D eigenvalue weighted by molar-refractivity contribution is -0.145. The van der Waals surface area contributed by atoms with Crippen LogP contribution in [0, 0.1) is 0 Å². The summed E-state index contributed by atoms with van der Waals surface area (Å²) in [5, 5.41) is 10.8. The molecule has 1 aromatic rings. The number of aryl methyl sites for hydroxylation is 1. The number of thiophene rings is 1. The molecule has 0 radical (unpaired) electrons. The Bertz CT molecular complexity index is 609. The molecule has 21 heavy (non-hydrogen) atoms. The zero-order valence-electron chi connectivity index (χ0n) is 11.4. The van der Waals surface area contributed by atoms with Crippen LogP contribution in [-0.4, -0.2) is 54.4 Å². The van der Waals surface area contributed by atoms with Gasteiger partial charge in [0, 0.05) is 17.3 Å². The van der Waals surface area contributed by atoms with Gasteiger partial charge in [-0.15, -0.1) is 11.3 Å². The summed E-state index contributed by atoms with van der Waals surface area (Å²) in [5.41, 5.74) is 0. The van der Waals surface area contributed by atoms with Crippen molar-refractivity contribution < 1.29 is 23.1 Å². The van der Waals surface area contributed by atoms with E-state index in [1.165, 1.54) is 16.2 Å². The van der Waals surface area contributed by atoms with Gasteiger partial charge in [0.2, 0.25) is 5.91 Å². The predicted molar refractivity (Wildman–Crippen MR) is 79.0 cm³/mol. The monoisotopic (exact) mass is 331 g/mol. The van der Waals surface area contributed by atoms with Crippen LogP contribution in [0.3, 0.4) is 0 Å². The van der Waals surface area contributed by atoms with Gasteiger partial charge in [-0.25, -0.2) is 8.42 Å². The second kappa shape index (κ2) is 6.57. The van der Waals surface area contributed by atoms with Gasteiger partial charge in [0.25, 0.3) is 0 Å². The number of carboxylic acids is 1. The highest BCUT2D eigenvalue weighted by atomic mass is 32.2. The molecule has 116 valence electrons. The molecule has 1 N–H and O–H groups in total. The highest BCUT2D eigenvalue weighted by Gasteiger charge is 2.35. The van der Waals surface area contributed by atoms with E-state index in [2.05, 4.69) is 0 Å². The fourth-order valence-corrected chi connectivity index (χ4v) is 4.86. The van der Waals surface area contributed by atoms with Crippen LogP contribution in [-0.2, 0) is 25.8 Å². The minimum absolute atomic E-state index is 0.0198. The van der Waals surface area contributed by atoms with E-state index in [9.17, 15) is 18.0 Å². The van der Waals surface area contributed by atoms with Crippen LogP contribution in [0.5, 0.6) is 0 Å². The molecule has 0 aromatic carbocycles. The largest absolute Gasteiger partial charge is 0.480 e. The SMILES string of the molecule is O=C(O)CN(C(=O)CCc1cccs1)C1CCS(=O)(=O)C1. The molecule has 0 aliphatic carbocycles. The third-order valence-electron chi connectivity index (χ3n) is 3.44. The van der Waals surface area contributed by atoms with Gasteiger partial charge in [-0.3, -0.25) is 9.59 Å². The second-order valence-corrected chi connectivity index (χ2v) is 8.31. The number of aliphatic carboxylic acids is 1. The van der Waals surface area contributed by atoms with Crippen LogP contribution in [0.25, 0.3) is 0 Å². The van der Waals surface area contributed by atoms with Crippen LogP contribution >= 0.6 is 11.3 Å². The number of rotatable bonds is 6. The molecule has 1 amide bonds. The molecule has 0 spiro atoms. The van der Waals surface area contributed by atoms with Crippen molar-refractivity contribution in [2.45, 2.75) is 25.3 Å². The van der Waals surface area contributed by atoms with Crippen LogP contribution < -0.4 is 0 Å². The van der Waals surface area contributed by atoms with E-state index in [4.69, 9.17) is 5.11 Å². The average Bonchev–Trinajstić information content (AvgIpc) is 3.02. The maximum Gasteiger partial charge on any atom is 0.323 e. The summed E-state index contributed by atoms with van der Waals surface area (Å²) in [5.74, 6) is -1.53. The lowest BCUT2D eigenvalue weighted by Gasteiger charge is -2.26. The van der Waals surface area contributed by atoms with Crippen molar-refractivity contribution in [3.05, 3.63) is 22.4 Å². The Morgan fingerprint density at radius 3 is 2.71 bits per heavy atom. The van der Waals surface area contributed by atoms with Crippen molar-refractivity contribution in [3.8, 4) is 0 Å². The number of carbonyl (C=O) groups excluding carboxylic acids is 1. The number of amides is 1. The molecule has 0 saturated carbocycles. The summed E-state index contributed by atoms with van der Waals surface area (Å²) in [4.78, 5) is 25.4. The Morgan fingerprint density at radius 2 is 2.19 bits per heavy atom. The molecule has 1 aromatic heterocycles. The maximum atomic E-state index is 12.2. The molecule has 2 heterocycles. The molecular formula is C13H17NO5S2. The third kappa shape index (κ3) is 4.53. The van der Waals surface area contributed by atoms with E-state index in [0.717, 1.165) is 4.88 Å². The Morgan fingerprint density at radius 1 is 1.43 bits per heavy atom. The summed E-state index contributed by atoms with van der Waals surface area (Å²) in [6, 6.07) is 3.30. The van der Waals surface area contributed by atoms with E-state index < -0.39 is 28.4 Å². The van der Waals surface area contributed by atoms with Gasteiger partial charge in [-0.2, -0.15) is 0 Å². The number of nitrogens with zero attached hydrogens (tertiary/aromatic N) is 1. The van der Waals surface area contributed by atoms with Crippen LogP contribution in [0.2, 0.25) is 0 Å². The maximum absolute atomic E-state index is 12.2. The van der Waals surface area contributed by atoms with Crippen molar-refractivity contribution in [1.29, 1.82) is 0 Å². The molecular weight excluding hydrogens is 314 g/mol. The van der Waals surface area contributed by atoms with Crippen LogP contribution in [0.4, 0.5) is 0 Å². The fraction of sp³-hybridized carbons (Fsp3) is 0.538. The topological polar surface area (TPSA) is 91.8 Å². The lowest BCUT2D eigenvalue weighted by Crippen LogP contribution is -2.44. The predicted octanol–water partition coefficient (Wildman–Crippen LogP) is 0.781. The van der Waals surface area contributed by atoms with Crippen molar-refractivity contribution in [2.24, 2.45) is 0 Å². The van der Waals surface area contributed by atoms with Crippen LogP contribution in [0.15, 0.2) is 17.5 Å². The summed E-state index contributed by atoms with van der Waals surface area (Å²) < 4.78 is 23.0. The number of sulfone groups is 1. The molecule has 8 heteroatoms. The van der Waals surface area contributed by atoms with E-state index in [1.54, 1.807) is 0 Å². The van der Waals surface area contributed by atoms with Crippen molar-refractivity contribution in [3.63, 3.8) is 0 Å². The molecule has 6 nitrogen and oxygen atoms in total. The Hall–Kier alpha value is -1.41. The van der Waals surface area contributed by atoms with Crippen molar-refractivity contribution in [1.82, 2.24) is 4.90 Å². The summed E-state index contributed by atoms with van der Waals surface area (Å²) in [6.45, 7) is -0.441. The molecule has 1 aliphatic rings. The molecule has 1 unspecified atom stereocenters. The molecule has 1 aliphatic heterocycles. The van der Waals surface area contributed by atoms with Gasteiger partial charge in [-0.05, 0) is 24.3 Å². The minimum Gasteiger partial charge on any atom is -0.480 e. The molecule has 0 bridgehead atoms. The van der Waals surface area contributed by atoms with E-state index in [0.29, 0.717) is 12.8 Å². The Kier molecular flexibility index (Phi) is 5.00. The number of carboxylic acid groups (broad SMARTS) is 1. The lowest BCUT2D eigenvalue weighted by atomic mass is 10.1.